The van der Waals surface area contributed by atoms with Crippen molar-refractivity contribution in [3.63, 3.8) is 0 Å². The molecule has 1 heterocycles. The van der Waals surface area contributed by atoms with E-state index < -0.39 is 5.56 Å². The molecule has 0 aliphatic heterocycles. The summed E-state index contributed by atoms with van der Waals surface area (Å²) in [7, 11) is 4.69. The molecular weight excluding hydrogens is 396 g/mol. The lowest BCUT2D eigenvalue weighted by atomic mass is 10.2. The Hall–Kier alpha value is -3.52. The Morgan fingerprint density at radius 1 is 1.03 bits per heavy atom. The van der Waals surface area contributed by atoms with Crippen molar-refractivity contribution < 1.29 is 14.2 Å². The molecule has 2 aromatic carbocycles. The van der Waals surface area contributed by atoms with Gasteiger partial charge in [-0.2, -0.15) is 14.9 Å². The fourth-order valence-electron chi connectivity index (χ4n) is 2.53. The number of rotatable bonds is 7. The first kappa shape index (κ1) is 20.2. The van der Waals surface area contributed by atoms with E-state index in [1.54, 1.807) is 63.9 Å². The Balaban J connectivity index is 1.79. The van der Waals surface area contributed by atoms with Gasteiger partial charge < -0.3 is 14.2 Å². The zero-order chi connectivity index (χ0) is 20.8. The summed E-state index contributed by atoms with van der Waals surface area (Å²) in [6.45, 7) is 0. The third kappa shape index (κ3) is 4.49. The van der Waals surface area contributed by atoms with E-state index in [4.69, 9.17) is 25.8 Å². The second-order valence-electron chi connectivity index (χ2n) is 5.77. The SMILES string of the molecule is COc1ccc(-n2ncc(N/N=C\c3ccc(OC)c(OC)c3)c(Cl)c2=O)cc1. The third-order valence-corrected chi connectivity index (χ3v) is 4.41. The standard InChI is InChI=1S/C20H19ClN4O4/c1-27-15-7-5-14(6-8-15)25-20(26)19(21)16(12-23-25)24-22-11-13-4-9-17(28-2)18(10-13)29-3/h4-12,24H,1-3H3/b22-11-. The third-order valence-electron chi connectivity index (χ3n) is 4.04. The van der Waals surface area contributed by atoms with Gasteiger partial charge in [0.1, 0.15) is 16.5 Å². The lowest BCUT2D eigenvalue weighted by Crippen LogP contribution is -2.22. The monoisotopic (exact) mass is 414 g/mol. The van der Waals surface area contributed by atoms with Gasteiger partial charge >= 0.3 is 0 Å². The predicted octanol–water partition coefficient (Wildman–Crippen LogP) is 3.36. The summed E-state index contributed by atoms with van der Waals surface area (Å²) in [6, 6.07) is 12.2. The van der Waals surface area contributed by atoms with E-state index in [9.17, 15) is 4.79 Å². The van der Waals surface area contributed by atoms with E-state index in [1.807, 2.05) is 6.07 Å². The first-order valence-electron chi connectivity index (χ1n) is 8.50. The molecule has 0 saturated heterocycles. The molecule has 0 radical (unpaired) electrons. The lowest BCUT2D eigenvalue weighted by molar-refractivity contribution is 0.355. The second-order valence-corrected chi connectivity index (χ2v) is 6.15. The van der Waals surface area contributed by atoms with Gasteiger partial charge in [-0.1, -0.05) is 11.6 Å². The van der Waals surface area contributed by atoms with Crippen molar-refractivity contribution in [3.8, 4) is 22.9 Å². The van der Waals surface area contributed by atoms with Gasteiger partial charge in [0.15, 0.2) is 11.5 Å². The highest BCUT2D eigenvalue weighted by atomic mass is 35.5. The smallest absolute Gasteiger partial charge is 0.292 e. The summed E-state index contributed by atoms with van der Waals surface area (Å²) in [5.74, 6) is 1.88. The molecule has 0 fully saturated rings. The summed E-state index contributed by atoms with van der Waals surface area (Å²) >= 11 is 6.20. The average Bonchev–Trinajstić information content (AvgIpc) is 2.76. The van der Waals surface area contributed by atoms with Crippen molar-refractivity contribution in [1.29, 1.82) is 0 Å². The number of nitrogens with zero attached hydrogens (tertiary/aromatic N) is 3. The average molecular weight is 415 g/mol. The van der Waals surface area contributed by atoms with E-state index in [1.165, 1.54) is 10.9 Å². The summed E-state index contributed by atoms with van der Waals surface area (Å²) < 4.78 is 16.8. The van der Waals surface area contributed by atoms with E-state index in [0.29, 0.717) is 22.9 Å². The molecule has 1 aromatic heterocycles. The van der Waals surface area contributed by atoms with Gasteiger partial charge in [0.2, 0.25) is 0 Å². The minimum atomic E-state index is -0.469. The van der Waals surface area contributed by atoms with Crippen molar-refractivity contribution in [2.75, 3.05) is 26.8 Å². The van der Waals surface area contributed by atoms with Gasteiger partial charge in [-0.05, 0) is 48.0 Å². The molecule has 9 heteroatoms. The molecule has 0 aliphatic carbocycles. The maximum Gasteiger partial charge on any atom is 0.292 e. The molecule has 3 aromatic rings. The van der Waals surface area contributed by atoms with Crippen LogP contribution < -0.4 is 25.2 Å². The quantitative estimate of drug-likeness (QED) is 0.471. The van der Waals surface area contributed by atoms with Gasteiger partial charge in [-0.15, -0.1) is 0 Å². The van der Waals surface area contributed by atoms with Crippen molar-refractivity contribution in [2.24, 2.45) is 5.10 Å². The molecule has 0 bridgehead atoms. The van der Waals surface area contributed by atoms with Crippen LogP contribution in [0.5, 0.6) is 17.2 Å². The van der Waals surface area contributed by atoms with Crippen molar-refractivity contribution in [3.05, 3.63) is 69.6 Å². The van der Waals surface area contributed by atoms with Crippen LogP contribution in [0.1, 0.15) is 5.56 Å². The molecule has 8 nitrogen and oxygen atoms in total. The van der Waals surface area contributed by atoms with Crippen LogP contribution in [0.2, 0.25) is 5.02 Å². The maximum absolute atomic E-state index is 12.5. The van der Waals surface area contributed by atoms with Gasteiger partial charge in [-0.3, -0.25) is 10.2 Å². The fourth-order valence-corrected chi connectivity index (χ4v) is 2.70. The highest BCUT2D eigenvalue weighted by Crippen LogP contribution is 2.27. The van der Waals surface area contributed by atoms with Crippen LogP contribution in [0.25, 0.3) is 5.69 Å². The number of methoxy groups -OCH3 is 3. The lowest BCUT2D eigenvalue weighted by Gasteiger charge is -2.09. The van der Waals surface area contributed by atoms with Crippen LogP contribution in [-0.4, -0.2) is 37.3 Å². The van der Waals surface area contributed by atoms with Gasteiger partial charge in [0.05, 0.1) is 39.4 Å². The van der Waals surface area contributed by atoms with E-state index in [0.717, 1.165) is 5.56 Å². The molecule has 29 heavy (non-hydrogen) atoms. The highest BCUT2D eigenvalue weighted by molar-refractivity contribution is 6.32. The molecule has 0 aliphatic rings. The largest absolute Gasteiger partial charge is 0.497 e. The second kappa shape index (κ2) is 9.11. The Labute approximate surface area is 172 Å². The Kier molecular flexibility index (Phi) is 6.36. The zero-order valence-corrected chi connectivity index (χ0v) is 16.8. The number of anilines is 1. The van der Waals surface area contributed by atoms with Gasteiger partial charge in [0, 0.05) is 0 Å². The van der Waals surface area contributed by atoms with Crippen LogP contribution >= 0.6 is 11.6 Å². The van der Waals surface area contributed by atoms with E-state index in [2.05, 4.69) is 15.6 Å². The topological polar surface area (TPSA) is 87.0 Å². The number of hydrazone groups is 1. The highest BCUT2D eigenvalue weighted by Gasteiger charge is 2.10. The fraction of sp³-hybridized carbons (Fsp3) is 0.150. The molecular formula is C20H19ClN4O4. The number of aromatic nitrogens is 2. The molecule has 150 valence electrons. The van der Waals surface area contributed by atoms with Crippen LogP contribution in [0.3, 0.4) is 0 Å². The first-order chi connectivity index (χ1) is 14.1. The minimum absolute atomic E-state index is 0.0275. The number of nitrogens with one attached hydrogen (secondary N) is 1. The summed E-state index contributed by atoms with van der Waals surface area (Å²) in [5.41, 5.74) is 3.89. The van der Waals surface area contributed by atoms with Crippen LogP contribution in [0.15, 0.2) is 58.6 Å². The normalized spacial score (nSPS) is 10.8. The Morgan fingerprint density at radius 3 is 2.41 bits per heavy atom. The van der Waals surface area contributed by atoms with Crippen LogP contribution in [0.4, 0.5) is 5.69 Å². The summed E-state index contributed by atoms with van der Waals surface area (Å²) in [6.07, 6.45) is 2.99. The van der Waals surface area contributed by atoms with Crippen LogP contribution in [0, 0.1) is 0 Å². The molecule has 3 rings (SSSR count). The zero-order valence-electron chi connectivity index (χ0n) is 16.0. The summed E-state index contributed by atoms with van der Waals surface area (Å²) in [5, 5.41) is 8.23. The van der Waals surface area contributed by atoms with E-state index >= 15 is 0 Å². The van der Waals surface area contributed by atoms with Crippen molar-refractivity contribution in [1.82, 2.24) is 9.78 Å². The molecule has 0 saturated carbocycles. The van der Waals surface area contributed by atoms with Gasteiger partial charge in [-0.25, -0.2) is 0 Å². The molecule has 0 unspecified atom stereocenters. The number of benzene rings is 2. The van der Waals surface area contributed by atoms with Crippen molar-refractivity contribution in [2.45, 2.75) is 0 Å². The Morgan fingerprint density at radius 2 is 1.76 bits per heavy atom. The van der Waals surface area contributed by atoms with Crippen LogP contribution in [-0.2, 0) is 0 Å². The molecule has 0 spiro atoms. The summed E-state index contributed by atoms with van der Waals surface area (Å²) in [4.78, 5) is 12.5. The number of ether oxygens (including phenoxy) is 3. The number of hydrogen-bond acceptors (Lipinski definition) is 7. The number of hydrogen-bond donors (Lipinski definition) is 1. The molecule has 0 amide bonds. The van der Waals surface area contributed by atoms with Gasteiger partial charge in [0.25, 0.3) is 5.56 Å². The maximum atomic E-state index is 12.5. The molecule has 0 atom stereocenters. The minimum Gasteiger partial charge on any atom is -0.497 e. The Bertz CT molecular complexity index is 1080. The van der Waals surface area contributed by atoms with E-state index in [-0.39, 0.29) is 10.7 Å². The first-order valence-corrected chi connectivity index (χ1v) is 8.88. The molecule has 1 N–H and O–H groups in total. The predicted molar refractivity (Wildman–Crippen MR) is 112 cm³/mol. The van der Waals surface area contributed by atoms with Crippen molar-refractivity contribution >= 4 is 23.5 Å². The number of halogens is 1.